The molecule has 2 heteroatoms. The first-order chi connectivity index (χ1) is 32.5. The summed E-state index contributed by atoms with van der Waals surface area (Å²) in [6.07, 6.45) is 4.45. The van der Waals surface area contributed by atoms with Crippen molar-refractivity contribution in [3.63, 3.8) is 0 Å². The van der Waals surface area contributed by atoms with Crippen LogP contribution in [0, 0.1) is 0 Å². The second-order valence-corrected chi connectivity index (χ2v) is 17.8. The Labute approximate surface area is 387 Å². The molecule has 0 saturated carbocycles. The molecule has 2 aliphatic carbocycles. The predicted octanol–water partition coefficient (Wildman–Crippen LogP) is 16.5. The van der Waals surface area contributed by atoms with Gasteiger partial charge in [-0.15, -0.1) is 0 Å². The second-order valence-electron chi connectivity index (χ2n) is 17.8. The number of para-hydroxylation sites is 2. The molecule has 0 fully saturated rings. The topological polar surface area (TPSA) is 12.5 Å². The van der Waals surface area contributed by atoms with Gasteiger partial charge in [-0.05, 0) is 129 Å². The van der Waals surface area contributed by atoms with E-state index < -0.39 is 10.8 Å². The first-order valence-corrected chi connectivity index (χ1v) is 22.9. The highest BCUT2D eigenvalue weighted by Gasteiger charge is 2.51. The monoisotopic (exact) mass is 845 g/mol. The molecule has 66 heavy (non-hydrogen) atoms. The summed E-state index contributed by atoms with van der Waals surface area (Å²) in [6, 6.07) is 82.1. The van der Waals surface area contributed by atoms with Gasteiger partial charge in [-0.3, -0.25) is 0 Å². The highest BCUT2D eigenvalue weighted by molar-refractivity contribution is 5.93. The minimum atomic E-state index is -0.641. The van der Waals surface area contributed by atoms with Gasteiger partial charge in [0.05, 0.1) is 10.8 Å². The summed E-state index contributed by atoms with van der Waals surface area (Å²) >= 11 is 0. The van der Waals surface area contributed by atoms with E-state index in [0.29, 0.717) is 0 Å². The molecule has 12 rings (SSSR count). The summed E-state index contributed by atoms with van der Waals surface area (Å²) in [5, 5.41) is 0. The van der Waals surface area contributed by atoms with Crippen molar-refractivity contribution < 1.29 is 4.74 Å². The number of benzene rings is 9. The van der Waals surface area contributed by atoms with E-state index >= 15 is 0 Å². The van der Waals surface area contributed by atoms with Crippen molar-refractivity contribution in [3.05, 3.63) is 299 Å². The molecule has 0 saturated heterocycles. The van der Waals surface area contributed by atoms with Crippen LogP contribution in [0.3, 0.4) is 0 Å². The maximum Gasteiger partial charge on any atom is 0.132 e. The van der Waals surface area contributed by atoms with Crippen LogP contribution < -0.4 is 9.64 Å². The number of nitrogens with zero attached hydrogens (tertiary/aromatic N) is 1. The Morgan fingerprint density at radius 2 is 0.939 bits per heavy atom. The number of rotatable bonds is 8. The van der Waals surface area contributed by atoms with E-state index in [0.717, 1.165) is 45.3 Å². The second kappa shape index (κ2) is 15.5. The van der Waals surface area contributed by atoms with Gasteiger partial charge >= 0.3 is 0 Å². The first kappa shape index (κ1) is 39.4. The predicted molar refractivity (Wildman–Crippen MR) is 273 cm³/mol. The third kappa shape index (κ3) is 5.81. The zero-order chi connectivity index (χ0) is 44.4. The molecule has 3 aliphatic rings. The zero-order valence-corrected chi connectivity index (χ0v) is 37.1. The molecule has 9 aromatic carbocycles. The summed E-state index contributed by atoms with van der Waals surface area (Å²) in [7, 11) is 0. The zero-order valence-electron chi connectivity index (χ0n) is 37.1. The lowest BCUT2D eigenvalue weighted by molar-refractivity contribution is 0.436. The minimum Gasteiger partial charge on any atom is -0.457 e. The molecule has 1 aliphatic heterocycles. The van der Waals surface area contributed by atoms with Gasteiger partial charge in [0.2, 0.25) is 0 Å². The fourth-order valence-corrected chi connectivity index (χ4v) is 11.4. The molecule has 2 nitrogen and oxygen atoms in total. The van der Waals surface area contributed by atoms with Crippen molar-refractivity contribution in [1.29, 1.82) is 0 Å². The van der Waals surface area contributed by atoms with Crippen LogP contribution in [0.5, 0.6) is 11.5 Å². The summed E-state index contributed by atoms with van der Waals surface area (Å²) in [5.74, 6) is 1.74. The third-order valence-corrected chi connectivity index (χ3v) is 14.1. The van der Waals surface area contributed by atoms with E-state index in [9.17, 15) is 0 Å². The Kier molecular flexibility index (Phi) is 9.26. The number of ether oxygens (including phenoxy) is 1. The summed E-state index contributed by atoms with van der Waals surface area (Å²) in [4.78, 5) is 2.45. The number of allylic oxidation sites excluding steroid dienone is 5. The standard InChI is InChI=1S/C64H47NO/c1-43(2)31-39-55-44(3)52-38-36-51(42-60(52)64(55)58-27-15-17-29-61(58)66-62-30-18-16-28-59(62)64)65(49-34-32-46(33-35-49)45-19-7-4-8-20-45)50-37-40-57-54(41-50)53-25-13-14-26-56(53)63(57,47-21-9-5-10-22-47)48-23-11-6-12-24-48/h4-42H,1H2,2-3H3. The number of hydrogen-bond donors (Lipinski definition) is 0. The molecule has 1 spiro atoms. The summed E-state index contributed by atoms with van der Waals surface area (Å²) in [5.41, 5.74) is 20.2. The molecule has 0 amide bonds. The van der Waals surface area contributed by atoms with Gasteiger partial charge in [0.15, 0.2) is 0 Å². The minimum absolute atomic E-state index is 0.490. The lowest BCUT2D eigenvalue weighted by Crippen LogP contribution is -2.33. The maximum absolute atomic E-state index is 6.73. The highest BCUT2D eigenvalue weighted by Crippen LogP contribution is 2.62. The fraction of sp³-hybridized carbons (Fsp3) is 0.0625. The number of anilines is 3. The average molecular weight is 846 g/mol. The van der Waals surface area contributed by atoms with Crippen LogP contribution in [0.4, 0.5) is 17.1 Å². The number of hydrogen-bond acceptors (Lipinski definition) is 2. The molecule has 0 unspecified atom stereocenters. The van der Waals surface area contributed by atoms with Crippen molar-refractivity contribution >= 4 is 22.6 Å². The van der Waals surface area contributed by atoms with Gasteiger partial charge in [-0.2, -0.15) is 0 Å². The Hall–Kier alpha value is -8.20. The maximum atomic E-state index is 6.73. The van der Waals surface area contributed by atoms with Gasteiger partial charge < -0.3 is 9.64 Å². The van der Waals surface area contributed by atoms with Crippen LogP contribution >= 0.6 is 0 Å². The first-order valence-electron chi connectivity index (χ1n) is 22.9. The van der Waals surface area contributed by atoms with Crippen LogP contribution in [0.2, 0.25) is 0 Å². The van der Waals surface area contributed by atoms with E-state index in [4.69, 9.17) is 4.74 Å². The van der Waals surface area contributed by atoms with Crippen LogP contribution in [0.15, 0.2) is 254 Å². The number of fused-ring (bicyclic) bond motifs is 9. The van der Waals surface area contributed by atoms with E-state index in [2.05, 4.69) is 262 Å². The summed E-state index contributed by atoms with van der Waals surface area (Å²) < 4.78 is 6.73. The van der Waals surface area contributed by atoms with Gasteiger partial charge in [-0.1, -0.05) is 200 Å². The van der Waals surface area contributed by atoms with E-state index in [1.165, 1.54) is 66.8 Å². The Balaban J connectivity index is 1.11. The quantitative estimate of drug-likeness (QED) is 0.141. The van der Waals surface area contributed by atoms with Gasteiger partial charge in [0.1, 0.15) is 11.5 Å². The third-order valence-electron chi connectivity index (χ3n) is 14.1. The average Bonchev–Trinajstić information content (AvgIpc) is 3.80. The normalized spacial score (nSPS) is 14.5. The highest BCUT2D eigenvalue weighted by atomic mass is 16.5. The molecular formula is C64H47NO. The lowest BCUT2D eigenvalue weighted by atomic mass is 9.65. The van der Waals surface area contributed by atoms with Crippen molar-refractivity contribution in [2.24, 2.45) is 0 Å². The molecule has 0 atom stereocenters. The largest absolute Gasteiger partial charge is 0.457 e. The van der Waals surface area contributed by atoms with Crippen LogP contribution in [-0.4, -0.2) is 0 Å². The van der Waals surface area contributed by atoms with Gasteiger partial charge in [0.25, 0.3) is 0 Å². The van der Waals surface area contributed by atoms with Crippen molar-refractivity contribution in [1.82, 2.24) is 0 Å². The smallest absolute Gasteiger partial charge is 0.132 e. The Morgan fingerprint density at radius 1 is 0.439 bits per heavy atom. The van der Waals surface area contributed by atoms with Crippen molar-refractivity contribution in [2.75, 3.05) is 4.90 Å². The van der Waals surface area contributed by atoms with Crippen molar-refractivity contribution in [3.8, 4) is 33.8 Å². The van der Waals surface area contributed by atoms with Crippen LogP contribution in [-0.2, 0) is 10.8 Å². The van der Waals surface area contributed by atoms with E-state index in [1.807, 2.05) is 0 Å². The molecule has 314 valence electrons. The van der Waals surface area contributed by atoms with Crippen molar-refractivity contribution in [2.45, 2.75) is 24.7 Å². The van der Waals surface area contributed by atoms with Crippen LogP contribution in [0.25, 0.3) is 27.8 Å². The lowest BCUT2D eigenvalue weighted by Gasteiger charge is -2.40. The van der Waals surface area contributed by atoms with Gasteiger partial charge in [0, 0.05) is 28.2 Å². The van der Waals surface area contributed by atoms with E-state index in [-0.39, 0.29) is 0 Å². The fourth-order valence-electron chi connectivity index (χ4n) is 11.4. The molecule has 1 heterocycles. The van der Waals surface area contributed by atoms with Crippen LogP contribution in [0.1, 0.15) is 58.4 Å². The summed E-state index contributed by atoms with van der Waals surface area (Å²) in [6.45, 7) is 8.62. The molecule has 0 radical (unpaired) electrons. The Morgan fingerprint density at radius 3 is 1.58 bits per heavy atom. The SMILES string of the molecule is C=C(C)C=CC1=C(C)c2ccc(N(c3ccc(-c4ccccc4)cc3)c3ccc4c(c3)-c3ccccc3C4(c3ccccc3)c3ccccc3)cc2C12c1ccccc1Oc1ccccc12. The molecular weight excluding hydrogens is 799 g/mol. The molecule has 0 aromatic heterocycles. The van der Waals surface area contributed by atoms with Gasteiger partial charge in [-0.25, -0.2) is 0 Å². The molecule has 9 aromatic rings. The molecule has 0 bridgehead atoms. The Bertz CT molecular complexity index is 3330. The van der Waals surface area contributed by atoms with E-state index in [1.54, 1.807) is 0 Å². The molecule has 0 N–H and O–H groups in total.